The topological polar surface area (TPSA) is 40.1 Å². The third-order valence-electron chi connectivity index (χ3n) is 0.732. The van der Waals surface area contributed by atoms with E-state index in [1.165, 1.54) is 13.0 Å². The maximum atomic E-state index is 9.86. The fraction of sp³-hybridized carbons (Fsp3) is 0.600. The predicted molar refractivity (Wildman–Crippen MR) is 26.4 cm³/mol. The van der Waals surface area contributed by atoms with Gasteiger partial charge in [0.25, 0.3) is 0 Å². The van der Waals surface area contributed by atoms with E-state index in [2.05, 4.69) is 6.58 Å². The quantitative estimate of drug-likeness (QED) is 0.501. The second kappa shape index (κ2) is 2.09. The van der Waals surface area contributed by atoms with Crippen LogP contribution in [-0.4, -0.2) is 17.3 Å². The van der Waals surface area contributed by atoms with Crippen LogP contribution in [0.1, 0.15) is 6.92 Å². The zero-order valence-electron chi connectivity index (χ0n) is 4.35. The predicted octanol–water partition coefficient (Wildman–Crippen LogP) is 0.354. The highest BCUT2D eigenvalue weighted by molar-refractivity contribution is 4.90. The first-order valence-corrected chi connectivity index (χ1v) is 2.06. The van der Waals surface area contributed by atoms with Gasteiger partial charge in [-0.15, -0.1) is 6.58 Å². The molecule has 2 nitrogen and oxygen atoms in total. The fourth-order valence-electron chi connectivity index (χ4n) is 0.0589. The van der Waals surface area contributed by atoms with Crippen molar-refractivity contribution in [2.75, 3.05) is 6.61 Å². The smallest absolute Gasteiger partial charge is 0.114 e. The van der Waals surface area contributed by atoms with Crippen LogP contribution in [0.3, 0.4) is 0 Å². The Morgan fingerprint density at radius 3 is 2.43 bits per heavy atom. The molecule has 1 atom stereocenters. The van der Waals surface area contributed by atoms with Gasteiger partial charge in [0.2, 0.25) is 0 Å². The fourth-order valence-corrected chi connectivity index (χ4v) is 0.0589. The minimum Gasteiger partial charge on any atom is -0.384 e. The lowest BCUT2D eigenvalue weighted by Crippen LogP contribution is -2.24. The molecule has 0 heterocycles. The van der Waals surface area contributed by atoms with Gasteiger partial charge in [-0.05, 0) is 6.92 Å². The maximum absolute atomic E-state index is 9.86. The molecule has 0 spiro atoms. The van der Waals surface area contributed by atoms with Gasteiger partial charge in [0.05, 0.1) is 0 Å². The summed E-state index contributed by atoms with van der Waals surface area (Å²) in [7, 11) is 0. The molecule has 1 radical (unpaired) electrons. The van der Waals surface area contributed by atoms with Gasteiger partial charge in [0.15, 0.2) is 0 Å². The summed E-state index contributed by atoms with van der Waals surface area (Å²) in [5, 5.41) is 18.6. The molecule has 1 N–H and O–H groups in total. The van der Waals surface area contributed by atoms with Gasteiger partial charge in [-0.2, -0.15) is 0 Å². The van der Waals surface area contributed by atoms with Gasteiger partial charge in [0, 0.05) is 0 Å². The lowest BCUT2D eigenvalue weighted by molar-refractivity contribution is 0.0112. The highest BCUT2D eigenvalue weighted by Crippen LogP contribution is 2.00. The largest absolute Gasteiger partial charge is 0.384 e. The normalized spacial score (nSPS) is 18.1. The van der Waals surface area contributed by atoms with Crippen LogP contribution in [0.2, 0.25) is 0 Å². The van der Waals surface area contributed by atoms with E-state index < -0.39 is 12.2 Å². The first-order valence-electron chi connectivity index (χ1n) is 2.06. The Hall–Kier alpha value is -0.340. The van der Waals surface area contributed by atoms with E-state index in [4.69, 9.17) is 5.11 Å². The lowest BCUT2D eigenvalue weighted by atomic mass is 10.1. The molecule has 1 unspecified atom stereocenters. The van der Waals surface area contributed by atoms with Crippen LogP contribution in [0.5, 0.6) is 0 Å². The first kappa shape index (κ1) is 6.66. The van der Waals surface area contributed by atoms with Crippen LogP contribution in [-0.2, 0) is 5.11 Å². The summed E-state index contributed by atoms with van der Waals surface area (Å²) >= 11 is 0. The second-order valence-corrected chi connectivity index (χ2v) is 1.71. The Labute approximate surface area is 43.1 Å². The lowest BCUT2D eigenvalue weighted by Gasteiger charge is -2.10. The zero-order valence-corrected chi connectivity index (χ0v) is 4.35. The van der Waals surface area contributed by atoms with Crippen molar-refractivity contribution in [2.45, 2.75) is 12.5 Å². The molecule has 0 aliphatic heterocycles. The van der Waals surface area contributed by atoms with E-state index in [1.54, 1.807) is 0 Å². The summed E-state index contributed by atoms with van der Waals surface area (Å²) in [5.41, 5.74) is -1.21. The Morgan fingerprint density at radius 1 is 2.00 bits per heavy atom. The Kier molecular flexibility index (Phi) is 1.99. The Balaban J connectivity index is 3.58. The molecule has 2 heteroatoms. The molecule has 0 bridgehead atoms. The molecule has 0 aromatic rings. The number of hydrogen-bond donors (Lipinski definition) is 1. The molecule has 0 aromatic carbocycles. The second-order valence-electron chi connectivity index (χ2n) is 1.71. The highest BCUT2D eigenvalue weighted by Gasteiger charge is 2.12. The molecule has 0 rings (SSSR count). The number of aliphatic hydroxyl groups is 1. The van der Waals surface area contributed by atoms with E-state index in [0.29, 0.717) is 0 Å². The minimum absolute atomic E-state index is 0.517. The molecular weight excluding hydrogens is 92.1 g/mol. The van der Waals surface area contributed by atoms with Crippen molar-refractivity contribution >= 4 is 0 Å². The zero-order chi connectivity index (χ0) is 5.91. The number of rotatable bonds is 2. The molecule has 0 saturated carbocycles. The van der Waals surface area contributed by atoms with Crippen molar-refractivity contribution in [1.29, 1.82) is 0 Å². The van der Waals surface area contributed by atoms with Crippen LogP contribution in [0.15, 0.2) is 12.7 Å². The monoisotopic (exact) mass is 101 g/mol. The van der Waals surface area contributed by atoms with Crippen molar-refractivity contribution in [3.63, 3.8) is 0 Å². The minimum atomic E-state index is -1.21. The molecule has 0 aromatic heterocycles. The van der Waals surface area contributed by atoms with Crippen LogP contribution in [0.25, 0.3) is 0 Å². The van der Waals surface area contributed by atoms with Crippen LogP contribution in [0.4, 0.5) is 0 Å². The average Bonchev–Trinajstić information content (AvgIpc) is 1.68. The number of hydrogen-bond acceptors (Lipinski definition) is 1. The average molecular weight is 101 g/mol. The first-order chi connectivity index (χ1) is 3.12. The molecule has 7 heavy (non-hydrogen) atoms. The van der Waals surface area contributed by atoms with Crippen molar-refractivity contribution in [2.24, 2.45) is 0 Å². The SMILES string of the molecule is C=CC(C)(O)C[O]. The molecule has 0 aliphatic rings. The summed E-state index contributed by atoms with van der Waals surface area (Å²) in [4.78, 5) is 0. The summed E-state index contributed by atoms with van der Waals surface area (Å²) in [6.07, 6.45) is 1.24. The highest BCUT2D eigenvalue weighted by atomic mass is 16.3. The molecular formula is C5H9O2. The molecule has 0 amide bonds. The summed E-state index contributed by atoms with van der Waals surface area (Å²) in [5.74, 6) is 0. The van der Waals surface area contributed by atoms with Crippen LogP contribution in [0, 0.1) is 0 Å². The third kappa shape index (κ3) is 2.37. The van der Waals surface area contributed by atoms with Crippen molar-refractivity contribution in [3.05, 3.63) is 12.7 Å². The summed E-state index contributed by atoms with van der Waals surface area (Å²) < 4.78 is 0. The van der Waals surface area contributed by atoms with Crippen LogP contribution < -0.4 is 0 Å². The van der Waals surface area contributed by atoms with E-state index in [9.17, 15) is 5.11 Å². The van der Waals surface area contributed by atoms with Crippen molar-refractivity contribution < 1.29 is 10.2 Å². The van der Waals surface area contributed by atoms with Gasteiger partial charge >= 0.3 is 0 Å². The third-order valence-corrected chi connectivity index (χ3v) is 0.732. The van der Waals surface area contributed by atoms with Gasteiger partial charge in [0.1, 0.15) is 12.2 Å². The van der Waals surface area contributed by atoms with Gasteiger partial charge in [-0.3, -0.25) is 0 Å². The van der Waals surface area contributed by atoms with Gasteiger partial charge < -0.3 is 5.11 Å². The Morgan fingerprint density at radius 2 is 2.43 bits per heavy atom. The molecule has 0 saturated heterocycles. The Bertz CT molecular complexity index is 66.5. The van der Waals surface area contributed by atoms with Crippen molar-refractivity contribution in [3.8, 4) is 0 Å². The van der Waals surface area contributed by atoms with Gasteiger partial charge in [-0.25, -0.2) is 5.11 Å². The van der Waals surface area contributed by atoms with E-state index in [-0.39, 0.29) is 0 Å². The standard InChI is InChI=1S/C5H9O2/c1-3-5(2,7)4-6/h3,7H,1,4H2,2H3. The van der Waals surface area contributed by atoms with E-state index in [1.807, 2.05) is 0 Å². The molecule has 0 aliphatic carbocycles. The van der Waals surface area contributed by atoms with Crippen molar-refractivity contribution in [1.82, 2.24) is 0 Å². The summed E-state index contributed by atoms with van der Waals surface area (Å²) in [6.45, 7) is 4.16. The molecule has 0 fully saturated rings. The van der Waals surface area contributed by atoms with Gasteiger partial charge in [-0.1, -0.05) is 6.08 Å². The molecule has 41 valence electrons. The van der Waals surface area contributed by atoms with E-state index >= 15 is 0 Å². The maximum Gasteiger partial charge on any atom is 0.114 e. The van der Waals surface area contributed by atoms with Crippen LogP contribution >= 0.6 is 0 Å². The summed E-state index contributed by atoms with van der Waals surface area (Å²) in [6, 6.07) is 0. The van der Waals surface area contributed by atoms with E-state index in [0.717, 1.165) is 0 Å².